The number of benzene rings is 2. The van der Waals surface area contributed by atoms with Crippen molar-refractivity contribution in [3.05, 3.63) is 73.1 Å². The van der Waals surface area contributed by atoms with Gasteiger partial charge in [-0.2, -0.15) is 0 Å². The first-order chi connectivity index (χ1) is 10.9. The Morgan fingerprint density at radius 3 is 2.23 bits per heavy atom. The molecule has 0 atom stereocenters. The number of nitrogens with zero attached hydrogens (tertiary/aromatic N) is 4. The Kier molecular flexibility index (Phi) is 3.05. The molecule has 104 valence electrons. The summed E-state index contributed by atoms with van der Waals surface area (Å²) in [6.45, 7) is 0. The van der Waals surface area contributed by atoms with Crippen LogP contribution in [-0.2, 0) is 0 Å². The molecule has 22 heavy (non-hydrogen) atoms. The van der Waals surface area contributed by atoms with Gasteiger partial charge in [0.2, 0.25) is 0 Å². The maximum Gasteiger partial charge on any atom is 0.159 e. The number of hydrogen-bond donors (Lipinski definition) is 0. The molecule has 0 aliphatic carbocycles. The van der Waals surface area contributed by atoms with Gasteiger partial charge >= 0.3 is 0 Å². The zero-order chi connectivity index (χ0) is 14.8. The Labute approximate surface area is 127 Å². The number of para-hydroxylation sites is 2. The van der Waals surface area contributed by atoms with Crippen molar-refractivity contribution in [1.29, 1.82) is 0 Å². The molecule has 0 amide bonds. The molecule has 0 unspecified atom stereocenters. The summed E-state index contributed by atoms with van der Waals surface area (Å²) in [7, 11) is 0. The highest BCUT2D eigenvalue weighted by atomic mass is 14.9. The lowest BCUT2D eigenvalue weighted by Gasteiger charge is -2.04. The van der Waals surface area contributed by atoms with Crippen molar-refractivity contribution < 1.29 is 0 Å². The molecule has 0 spiro atoms. The molecule has 4 nitrogen and oxygen atoms in total. The summed E-state index contributed by atoms with van der Waals surface area (Å²) < 4.78 is 0. The molecule has 0 N–H and O–H groups in total. The first-order valence-corrected chi connectivity index (χ1v) is 7.01. The lowest BCUT2D eigenvalue weighted by Crippen LogP contribution is -1.94. The second-order valence-electron chi connectivity index (χ2n) is 4.88. The average Bonchev–Trinajstić information content (AvgIpc) is 2.62. The molecule has 0 aliphatic heterocycles. The minimum atomic E-state index is 0.688. The standard InChI is InChI=1S/C18H12N4/c1-2-6-13(7-3-1)18-19-11-10-16(22-18)17-12-20-14-8-4-5-9-15(14)21-17/h1-12H. The molecule has 4 rings (SSSR count). The van der Waals surface area contributed by atoms with Gasteiger partial charge in [-0.25, -0.2) is 15.0 Å². The maximum absolute atomic E-state index is 4.63. The smallest absolute Gasteiger partial charge is 0.159 e. The molecule has 4 aromatic rings. The molecular weight excluding hydrogens is 272 g/mol. The third kappa shape index (κ3) is 2.31. The van der Waals surface area contributed by atoms with Gasteiger partial charge in [0, 0.05) is 11.8 Å². The molecule has 4 heteroatoms. The largest absolute Gasteiger partial charge is 0.252 e. The second kappa shape index (κ2) is 5.33. The summed E-state index contributed by atoms with van der Waals surface area (Å²) >= 11 is 0. The Bertz CT molecular complexity index is 935. The van der Waals surface area contributed by atoms with Gasteiger partial charge in [-0.15, -0.1) is 0 Å². The van der Waals surface area contributed by atoms with Crippen LogP contribution in [0.5, 0.6) is 0 Å². The fourth-order valence-corrected chi connectivity index (χ4v) is 2.31. The van der Waals surface area contributed by atoms with Crippen molar-refractivity contribution in [3.63, 3.8) is 0 Å². The number of hydrogen-bond acceptors (Lipinski definition) is 4. The van der Waals surface area contributed by atoms with Crippen molar-refractivity contribution in [2.75, 3.05) is 0 Å². The van der Waals surface area contributed by atoms with E-state index in [1.165, 1.54) is 0 Å². The topological polar surface area (TPSA) is 51.6 Å². The van der Waals surface area contributed by atoms with Crippen LogP contribution in [0.4, 0.5) is 0 Å². The van der Waals surface area contributed by atoms with Gasteiger partial charge < -0.3 is 0 Å². The van der Waals surface area contributed by atoms with Gasteiger partial charge in [-0.3, -0.25) is 4.98 Å². The van der Waals surface area contributed by atoms with Crippen molar-refractivity contribution in [1.82, 2.24) is 19.9 Å². The lowest BCUT2D eigenvalue weighted by atomic mass is 10.2. The van der Waals surface area contributed by atoms with Crippen LogP contribution in [0.25, 0.3) is 33.8 Å². The van der Waals surface area contributed by atoms with E-state index in [1.54, 1.807) is 12.4 Å². The summed E-state index contributed by atoms with van der Waals surface area (Å²) in [6, 6.07) is 19.6. The van der Waals surface area contributed by atoms with E-state index in [2.05, 4.69) is 19.9 Å². The second-order valence-corrected chi connectivity index (χ2v) is 4.88. The van der Waals surface area contributed by atoms with E-state index in [-0.39, 0.29) is 0 Å². The van der Waals surface area contributed by atoms with Crippen LogP contribution in [-0.4, -0.2) is 19.9 Å². The molecule has 2 heterocycles. The van der Waals surface area contributed by atoms with E-state index in [1.807, 2.05) is 60.7 Å². The maximum atomic E-state index is 4.63. The van der Waals surface area contributed by atoms with E-state index in [0.29, 0.717) is 5.82 Å². The molecular formula is C18H12N4. The summed E-state index contributed by atoms with van der Waals surface area (Å²) in [4.78, 5) is 18.0. The minimum absolute atomic E-state index is 0.688. The van der Waals surface area contributed by atoms with Gasteiger partial charge in [-0.1, -0.05) is 42.5 Å². The van der Waals surface area contributed by atoms with Crippen molar-refractivity contribution in [2.24, 2.45) is 0 Å². The fourth-order valence-electron chi connectivity index (χ4n) is 2.31. The molecule has 2 aromatic carbocycles. The molecule has 0 aliphatic rings. The normalized spacial score (nSPS) is 10.7. The zero-order valence-corrected chi connectivity index (χ0v) is 11.7. The molecule has 2 aromatic heterocycles. The van der Waals surface area contributed by atoms with Crippen LogP contribution in [0.1, 0.15) is 0 Å². The Balaban J connectivity index is 1.81. The highest BCUT2D eigenvalue weighted by Crippen LogP contribution is 2.20. The van der Waals surface area contributed by atoms with Crippen LogP contribution < -0.4 is 0 Å². The molecule has 0 saturated heterocycles. The predicted octanol–water partition coefficient (Wildman–Crippen LogP) is 3.75. The first-order valence-electron chi connectivity index (χ1n) is 7.01. The molecule has 0 fully saturated rings. The van der Waals surface area contributed by atoms with Gasteiger partial charge in [-0.05, 0) is 18.2 Å². The average molecular weight is 284 g/mol. The predicted molar refractivity (Wildman–Crippen MR) is 86.0 cm³/mol. The Morgan fingerprint density at radius 1 is 0.591 bits per heavy atom. The number of rotatable bonds is 2. The van der Waals surface area contributed by atoms with Crippen molar-refractivity contribution >= 4 is 11.0 Å². The van der Waals surface area contributed by atoms with E-state index < -0.39 is 0 Å². The number of aromatic nitrogens is 4. The van der Waals surface area contributed by atoms with Gasteiger partial charge in [0.1, 0.15) is 5.69 Å². The lowest BCUT2D eigenvalue weighted by molar-refractivity contribution is 1.16. The highest BCUT2D eigenvalue weighted by Gasteiger charge is 2.07. The number of fused-ring (bicyclic) bond motifs is 1. The minimum Gasteiger partial charge on any atom is -0.252 e. The zero-order valence-electron chi connectivity index (χ0n) is 11.7. The fraction of sp³-hybridized carbons (Fsp3) is 0. The van der Waals surface area contributed by atoms with E-state index >= 15 is 0 Å². The van der Waals surface area contributed by atoms with Crippen molar-refractivity contribution in [2.45, 2.75) is 0 Å². The van der Waals surface area contributed by atoms with E-state index in [0.717, 1.165) is 28.0 Å². The molecule has 0 saturated carbocycles. The Morgan fingerprint density at radius 2 is 1.36 bits per heavy atom. The van der Waals surface area contributed by atoms with Gasteiger partial charge in [0.05, 0.1) is 22.9 Å². The third-order valence-electron chi connectivity index (χ3n) is 3.40. The molecule has 0 radical (unpaired) electrons. The Hall–Kier alpha value is -3.14. The summed E-state index contributed by atoms with van der Waals surface area (Å²) in [5.41, 5.74) is 4.24. The highest BCUT2D eigenvalue weighted by molar-refractivity contribution is 5.76. The SMILES string of the molecule is c1ccc(-c2nccc(-c3cnc4ccccc4n3)n2)cc1. The summed E-state index contributed by atoms with van der Waals surface area (Å²) in [5, 5.41) is 0. The van der Waals surface area contributed by atoms with Crippen LogP contribution in [0.15, 0.2) is 73.1 Å². The summed E-state index contributed by atoms with van der Waals surface area (Å²) in [6.07, 6.45) is 3.50. The van der Waals surface area contributed by atoms with Crippen LogP contribution in [0, 0.1) is 0 Å². The van der Waals surface area contributed by atoms with E-state index in [9.17, 15) is 0 Å². The molecule has 0 bridgehead atoms. The van der Waals surface area contributed by atoms with Crippen LogP contribution >= 0.6 is 0 Å². The van der Waals surface area contributed by atoms with Crippen LogP contribution in [0.2, 0.25) is 0 Å². The summed E-state index contributed by atoms with van der Waals surface area (Å²) in [5.74, 6) is 0.688. The third-order valence-corrected chi connectivity index (χ3v) is 3.40. The van der Waals surface area contributed by atoms with Crippen molar-refractivity contribution in [3.8, 4) is 22.8 Å². The van der Waals surface area contributed by atoms with Crippen LogP contribution in [0.3, 0.4) is 0 Å². The van der Waals surface area contributed by atoms with Gasteiger partial charge in [0.25, 0.3) is 0 Å². The first kappa shape index (κ1) is 12.6. The van der Waals surface area contributed by atoms with E-state index in [4.69, 9.17) is 0 Å². The quantitative estimate of drug-likeness (QED) is 0.562. The monoisotopic (exact) mass is 284 g/mol. The van der Waals surface area contributed by atoms with Gasteiger partial charge in [0.15, 0.2) is 5.82 Å².